The SMILES string of the molecule is O=S1(=O)C[C@H](N2CCCC2)[C@@H](S(=O)(=O)c2ccc(Cl)s2)C1. The van der Waals surface area contributed by atoms with Crippen molar-refractivity contribution in [2.75, 3.05) is 24.6 Å². The van der Waals surface area contributed by atoms with Crippen LogP contribution in [0.3, 0.4) is 0 Å². The van der Waals surface area contributed by atoms with E-state index in [1.54, 1.807) is 0 Å². The summed E-state index contributed by atoms with van der Waals surface area (Å²) in [5, 5.41) is -0.879. The molecule has 2 atom stereocenters. The molecule has 5 nitrogen and oxygen atoms in total. The standard InChI is InChI=1S/C12H16ClNO4S3/c13-11-3-4-12(19-11)21(17,18)10-8-20(15,16)7-9(10)14-5-1-2-6-14/h3-4,9-10H,1-2,5-8H2/t9-,10-/m0/s1. The topological polar surface area (TPSA) is 71.5 Å². The molecule has 0 amide bonds. The molecule has 2 aliphatic heterocycles. The zero-order valence-corrected chi connectivity index (χ0v) is 14.4. The molecule has 0 saturated carbocycles. The van der Waals surface area contributed by atoms with Crippen LogP contribution >= 0.6 is 22.9 Å². The third kappa shape index (κ3) is 3.01. The van der Waals surface area contributed by atoms with Crippen LogP contribution < -0.4 is 0 Å². The molecule has 0 unspecified atom stereocenters. The number of hydrogen-bond acceptors (Lipinski definition) is 6. The third-order valence-corrected chi connectivity index (χ3v) is 9.98. The highest BCUT2D eigenvalue weighted by Gasteiger charge is 2.48. The van der Waals surface area contributed by atoms with Crippen molar-refractivity contribution in [2.45, 2.75) is 28.3 Å². The molecule has 2 saturated heterocycles. The Hall–Kier alpha value is -0.150. The van der Waals surface area contributed by atoms with Gasteiger partial charge in [-0.05, 0) is 38.1 Å². The first kappa shape index (κ1) is 15.7. The molecule has 0 aromatic carbocycles. The number of thiophene rings is 1. The van der Waals surface area contributed by atoms with Gasteiger partial charge in [0.2, 0.25) is 0 Å². The van der Waals surface area contributed by atoms with Crippen molar-refractivity contribution in [2.24, 2.45) is 0 Å². The number of halogens is 1. The first-order valence-electron chi connectivity index (χ1n) is 6.73. The maximum Gasteiger partial charge on any atom is 0.193 e. The summed E-state index contributed by atoms with van der Waals surface area (Å²) in [6.07, 6.45) is 1.99. The van der Waals surface area contributed by atoms with Gasteiger partial charge in [-0.1, -0.05) is 11.6 Å². The van der Waals surface area contributed by atoms with Crippen molar-refractivity contribution >= 4 is 42.6 Å². The van der Waals surface area contributed by atoms with Crippen LogP contribution in [0, 0.1) is 0 Å². The van der Waals surface area contributed by atoms with Crippen LogP contribution in [-0.2, 0) is 19.7 Å². The van der Waals surface area contributed by atoms with Gasteiger partial charge >= 0.3 is 0 Å². The van der Waals surface area contributed by atoms with Crippen LogP contribution in [0.4, 0.5) is 0 Å². The fourth-order valence-corrected chi connectivity index (χ4v) is 9.65. The molecule has 118 valence electrons. The average Bonchev–Trinajstić information content (AvgIpc) is 3.07. The molecule has 2 aliphatic rings. The second-order valence-corrected chi connectivity index (χ2v) is 11.8. The second kappa shape index (κ2) is 5.49. The monoisotopic (exact) mass is 369 g/mol. The zero-order valence-electron chi connectivity index (χ0n) is 11.2. The van der Waals surface area contributed by atoms with Crippen molar-refractivity contribution in [3.05, 3.63) is 16.5 Å². The molecule has 1 aromatic heterocycles. The fraction of sp³-hybridized carbons (Fsp3) is 0.667. The molecule has 3 heterocycles. The maximum atomic E-state index is 12.8. The van der Waals surface area contributed by atoms with Gasteiger partial charge in [0.1, 0.15) is 4.21 Å². The quantitative estimate of drug-likeness (QED) is 0.806. The molecular formula is C12H16ClNO4S3. The van der Waals surface area contributed by atoms with Crippen molar-refractivity contribution in [3.8, 4) is 0 Å². The first-order valence-corrected chi connectivity index (χ1v) is 11.3. The van der Waals surface area contributed by atoms with Crippen molar-refractivity contribution < 1.29 is 16.8 Å². The van der Waals surface area contributed by atoms with Crippen LogP contribution in [0.1, 0.15) is 12.8 Å². The maximum absolute atomic E-state index is 12.8. The van der Waals surface area contributed by atoms with Gasteiger partial charge in [0.15, 0.2) is 19.7 Å². The Kier molecular flexibility index (Phi) is 4.11. The van der Waals surface area contributed by atoms with E-state index in [0.29, 0.717) is 4.34 Å². The summed E-state index contributed by atoms with van der Waals surface area (Å²) < 4.78 is 50.0. The van der Waals surface area contributed by atoms with E-state index in [1.807, 2.05) is 4.90 Å². The van der Waals surface area contributed by atoms with Crippen molar-refractivity contribution in [3.63, 3.8) is 0 Å². The number of rotatable bonds is 3. The van der Waals surface area contributed by atoms with Gasteiger partial charge in [0.25, 0.3) is 0 Å². The van der Waals surface area contributed by atoms with Gasteiger partial charge in [0, 0.05) is 6.04 Å². The Bertz CT molecular complexity index is 734. The summed E-state index contributed by atoms with van der Waals surface area (Å²) in [4.78, 5) is 2.02. The van der Waals surface area contributed by atoms with Crippen LogP contribution in [0.15, 0.2) is 16.3 Å². The molecular weight excluding hydrogens is 354 g/mol. The van der Waals surface area contributed by atoms with E-state index in [4.69, 9.17) is 11.6 Å². The second-order valence-electron chi connectivity index (χ2n) is 5.53. The number of likely N-dealkylation sites (tertiary alicyclic amines) is 1. The minimum Gasteiger partial charge on any atom is -0.298 e. The summed E-state index contributed by atoms with van der Waals surface area (Å²) in [7, 11) is -6.98. The number of sulfone groups is 2. The highest BCUT2D eigenvalue weighted by atomic mass is 35.5. The van der Waals surface area contributed by atoms with Crippen molar-refractivity contribution in [1.82, 2.24) is 4.90 Å². The van der Waals surface area contributed by atoms with Crippen LogP contribution in [0.25, 0.3) is 0 Å². The van der Waals surface area contributed by atoms with Crippen LogP contribution in [0.2, 0.25) is 4.34 Å². The van der Waals surface area contributed by atoms with E-state index in [0.717, 1.165) is 37.3 Å². The Labute approximate surface area is 133 Å². The molecule has 21 heavy (non-hydrogen) atoms. The van der Waals surface area contributed by atoms with E-state index in [1.165, 1.54) is 12.1 Å². The predicted octanol–water partition coefficient (Wildman–Crippen LogP) is 1.44. The smallest absolute Gasteiger partial charge is 0.193 e. The normalized spacial score (nSPS) is 30.0. The highest BCUT2D eigenvalue weighted by Crippen LogP contribution is 2.34. The van der Waals surface area contributed by atoms with Gasteiger partial charge in [-0.2, -0.15) is 0 Å². The molecule has 0 radical (unpaired) electrons. The van der Waals surface area contributed by atoms with Crippen molar-refractivity contribution in [1.29, 1.82) is 0 Å². The Morgan fingerprint density at radius 3 is 2.43 bits per heavy atom. The lowest BCUT2D eigenvalue weighted by atomic mass is 10.2. The predicted molar refractivity (Wildman–Crippen MR) is 83.6 cm³/mol. The molecule has 1 aromatic rings. The van der Waals surface area contributed by atoms with E-state index >= 15 is 0 Å². The summed E-state index contributed by atoms with van der Waals surface area (Å²) in [5.41, 5.74) is 0. The van der Waals surface area contributed by atoms with Gasteiger partial charge < -0.3 is 0 Å². The van der Waals surface area contributed by atoms with Gasteiger partial charge in [-0.15, -0.1) is 11.3 Å². The number of hydrogen-bond donors (Lipinski definition) is 0. The van der Waals surface area contributed by atoms with Crippen LogP contribution in [-0.4, -0.2) is 57.6 Å². The van der Waals surface area contributed by atoms with Gasteiger partial charge in [-0.3, -0.25) is 4.90 Å². The lowest BCUT2D eigenvalue weighted by Crippen LogP contribution is -2.44. The van der Waals surface area contributed by atoms with E-state index in [9.17, 15) is 16.8 Å². The molecule has 0 bridgehead atoms. The Morgan fingerprint density at radius 2 is 1.86 bits per heavy atom. The Morgan fingerprint density at radius 1 is 1.19 bits per heavy atom. The minimum absolute atomic E-state index is 0.0595. The summed E-state index contributed by atoms with van der Waals surface area (Å²) in [5.74, 6) is -0.345. The third-order valence-electron chi connectivity index (χ3n) is 4.11. The summed E-state index contributed by atoms with van der Waals surface area (Å²) >= 11 is 6.81. The molecule has 0 spiro atoms. The largest absolute Gasteiger partial charge is 0.298 e. The first-order chi connectivity index (χ1) is 9.79. The fourth-order valence-electron chi connectivity index (χ4n) is 3.11. The molecule has 0 aliphatic carbocycles. The van der Waals surface area contributed by atoms with E-state index in [-0.39, 0.29) is 15.7 Å². The Balaban J connectivity index is 1.97. The minimum atomic E-state index is -3.66. The lowest BCUT2D eigenvalue weighted by molar-refractivity contribution is 0.264. The number of nitrogens with zero attached hydrogens (tertiary/aromatic N) is 1. The zero-order chi connectivity index (χ0) is 15.3. The molecule has 2 fully saturated rings. The van der Waals surface area contributed by atoms with E-state index < -0.39 is 31.0 Å². The highest BCUT2D eigenvalue weighted by molar-refractivity contribution is 7.97. The van der Waals surface area contributed by atoms with Crippen LogP contribution in [0.5, 0.6) is 0 Å². The lowest BCUT2D eigenvalue weighted by Gasteiger charge is -2.27. The summed E-state index contributed by atoms with van der Waals surface area (Å²) in [6.45, 7) is 1.55. The molecule has 9 heteroatoms. The van der Waals surface area contributed by atoms with E-state index in [2.05, 4.69) is 0 Å². The average molecular weight is 370 g/mol. The van der Waals surface area contributed by atoms with Gasteiger partial charge in [0.05, 0.1) is 21.1 Å². The molecule has 0 N–H and O–H groups in total. The summed E-state index contributed by atoms with van der Waals surface area (Å²) in [6, 6.07) is 2.57. The van der Waals surface area contributed by atoms with Gasteiger partial charge in [-0.25, -0.2) is 16.8 Å². The molecule has 3 rings (SSSR count).